The summed E-state index contributed by atoms with van der Waals surface area (Å²) in [5.74, 6) is 1.21. The largest absolute Gasteiger partial charge is 0.492 e. The number of ether oxygens (including phenoxy) is 1. The van der Waals surface area contributed by atoms with E-state index in [0.29, 0.717) is 52.9 Å². The average Bonchev–Trinajstić information content (AvgIpc) is 3.18. The predicted molar refractivity (Wildman–Crippen MR) is 114 cm³/mol. The van der Waals surface area contributed by atoms with Crippen LogP contribution in [0.4, 0.5) is 0 Å². The van der Waals surface area contributed by atoms with E-state index in [1.54, 1.807) is 18.2 Å². The van der Waals surface area contributed by atoms with Gasteiger partial charge in [-0.2, -0.15) is 0 Å². The van der Waals surface area contributed by atoms with Crippen molar-refractivity contribution in [1.29, 1.82) is 0 Å². The van der Waals surface area contributed by atoms with Gasteiger partial charge in [0.15, 0.2) is 0 Å². The lowest BCUT2D eigenvalue weighted by molar-refractivity contribution is -0.118. The number of rotatable bonds is 10. The van der Waals surface area contributed by atoms with Crippen LogP contribution in [0.2, 0.25) is 10.0 Å². The first kappa shape index (κ1) is 21.5. The second-order valence-corrected chi connectivity index (χ2v) is 7.81. The molecule has 0 atom stereocenters. The highest BCUT2D eigenvalue weighted by molar-refractivity contribution is 7.99. The minimum absolute atomic E-state index is 0.0909. The van der Waals surface area contributed by atoms with E-state index in [9.17, 15) is 4.79 Å². The van der Waals surface area contributed by atoms with E-state index < -0.39 is 0 Å². The highest BCUT2D eigenvalue weighted by atomic mass is 35.5. The van der Waals surface area contributed by atoms with Gasteiger partial charge in [-0.05, 0) is 30.2 Å². The maximum absolute atomic E-state index is 11.9. The maximum atomic E-state index is 11.9. The van der Waals surface area contributed by atoms with Crippen LogP contribution in [0.5, 0.6) is 5.75 Å². The molecule has 1 N–H and O–H groups in total. The third-order valence-electron chi connectivity index (χ3n) is 3.79. The molecule has 0 bridgehead atoms. The molecule has 0 radical (unpaired) electrons. The minimum atomic E-state index is -0.0909. The van der Waals surface area contributed by atoms with E-state index in [1.807, 2.05) is 30.3 Å². The Morgan fingerprint density at radius 2 is 1.97 bits per heavy atom. The Labute approximate surface area is 182 Å². The number of nitrogens with one attached hydrogen (secondary N) is 1. The number of carbonyl (C=O) groups excluding carboxylic acids is 1. The molecule has 0 saturated carbocycles. The molecule has 0 saturated heterocycles. The number of carbonyl (C=O) groups is 1. The van der Waals surface area contributed by atoms with Gasteiger partial charge < -0.3 is 14.5 Å². The van der Waals surface area contributed by atoms with E-state index in [-0.39, 0.29) is 11.7 Å². The Morgan fingerprint density at radius 3 is 2.76 bits per heavy atom. The first-order valence-electron chi connectivity index (χ1n) is 8.94. The number of nitrogens with zero attached hydrogens (tertiary/aromatic N) is 2. The van der Waals surface area contributed by atoms with Crippen molar-refractivity contribution in [3.63, 3.8) is 0 Å². The highest BCUT2D eigenvalue weighted by Crippen LogP contribution is 2.27. The zero-order valence-electron chi connectivity index (χ0n) is 15.4. The normalized spacial score (nSPS) is 10.7. The summed E-state index contributed by atoms with van der Waals surface area (Å²) in [7, 11) is 0. The van der Waals surface area contributed by atoms with Crippen molar-refractivity contribution in [3.05, 3.63) is 70.0 Å². The molecular formula is C20H19Cl2N3O3S. The zero-order valence-corrected chi connectivity index (χ0v) is 17.8. The van der Waals surface area contributed by atoms with Crippen molar-refractivity contribution in [2.45, 2.75) is 24.6 Å². The summed E-state index contributed by atoms with van der Waals surface area (Å²) in [6.45, 7) is 0.945. The number of hydrogen-bond acceptors (Lipinski definition) is 6. The summed E-state index contributed by atoms with van der Waals surface area (Å²) in [6, 6.07) is 14.8. The smallest absolute Gasteiger partial charge is 0.277 e. The summed E-state index contributed by atoms with van der Waals surface area (Å²) in [5.41, 5.74) is 1.05. The topological polar surface area (TPSA) is 77.2 Å². The SMILES string of the molecule is O=C(CSc1nnc(CCCOc2ccc(Cl)cc2Cl)o1)NCc1ccccc1. The van der Waals surface area contributed by atoms with Gasteiger partial charge in [0, 0.05) is 18.0 Å². The van der Waals surface area contributed by atoms with Crippen LogP contribution in [-0.4, -0.2) is 28.5 Å². The molecule has 1 heterocycles. The van der Waals surface area contributed by atoms with Gasteiger partial charge in [-0.25, -0.2) is 0 Å². The van der Waals surface area contributed by atoms with Crippen molar-refractivity contribution < 1.29 is 13.9 Å². The van der Waals surface area contributed by atoms with Crippen molar-refractivity contribution in [2.75, 3.05) is 12.4 Å². The Morgan fingerprint density at radius 1 is 1.14 bits per heavy atom. The van der Waals surface area contributed by atoms with E-state index >= 15 is 0 Å². The number of thioether (sulfide) groups is 1. The third kappa shape index (κ3) is 7.27. The Balaban J connectivity index is 1.34. The van der Waals surface area contributed by atoms with Gasteiger partial charge in [-0.3, -0.25) is 4.79 Å². The quantitative estimate of drug-likeness (QED) is 0.352. The Hall–Kier alpha value is -2.22. The zero-order chi connectivity index (χ0) is 20.5. The molecule has 3 aromatic rings. The van der Waals surface area contributed by atoms with Crippen LogP contribution < -0.4 is 10.1 Å². The number of aryl methyl sites for hydroxylation is 1. The van der Waals surface area contributed by atoms with Gasteiger partial charge in [0.05, 0.1) is 17.4 Å². The molecule has 9 heteroatoms. The molecule has 0 aliphatic rings. The lowest BCUT2D eigenvalue weighted by Crippen LogP contribution is -2.24. The average molecular weight is 452 g/mol. The molecular weight excluding hydrogens is 433 g/mol. The first-order chi connectivity index (χ1) is 14.1. The molecule has 0 unspecified atom stereocenters. The molecule has 29 heavy (non-hydrogen) atoms. The summed E-state index contributed by atoms with van der Waals surface area (Å²) < 4.78 is 11.2. The predicted octanol–water partition coefficient (Wildman–Crippen LogP) is 4.80. The standard InChI is InChI=1S/C20H19Cl2N3O3S/c21-15-8-9-17(16(22)11-15)27-10-4-7-19-24-25-20(28-19)29-13-18(26)23-12-14-5-2-1-3-6-14/h1-3,5-6,8-9,11H,4,7,10,12-13H2,(H,23,26). The van der Waals surface area contributed by atoms with Crippen molar-refractivity contribution in [2.24, 2.45) is 0 Å². The summed E-state index contributed by atoms with van der Waals surface area (Å²) in [5, 5.41) is 12.2. The van der Waals surface area contributed by atoms with Crippen LogP contribution in [0.3, 0.4) is 0 Å². The first-order valence-corrected chi connectivity index (χ1v) is 10.7. The molecule has 6 nitrogen and oxygen atoms in total. The highest BCUT2D eigenvalue weighted by Gasteiger charge is 2.10. The van der Waals surface area contributed by atoms with E-state index in [2.05, 4.69) is 15.5 Å². The molecule has 0 spiro atoms. The maximum Gasteiger partial charge on any atom is 0.277 e. The van der Waals surface area contributed by atoms with Gasteiger partial charge in [0.25, 0.3) is 5.22 Å². The van der Waals surface area contributed by atoms with E-state index in [0.717, 1.165) is 5.56 Å². The Kier molecular flexibility index (Phi) is 8.22. The number of benzene rings is 2. The van der Waals surface area contributed by atoms with Gasteiger partial charge in [-0.15, -0.1) is 10.2 Å². The molecule has 2 aromatic carbocycles. The molecule has 0 aliphatic carbocycles. The number of halogens is 2. The van der Waals surface area contributed by atoms with Crippen LogP contribution in [0.25, 0.3) is 0 Å². The number of hydrogen-bond donors (Lipinski definition) is 1. The summed E-state index contributed by atoms with van der Waals surface area (Å²) >= 11 is 13.1. The monoisotopic (exact) mass is 451 g/mol. The van der Waals surface area contributed by atoms with E-state index in [4.69, 9.17) is 32.4 Å². The minimum Gasteiger partial charge on any atom is -0.492 e. The molecule has 1 amide bonds. The van der Waals surface area contributed by atoms with Gasteiger partial charge in [-0.1, -0.05) is 65.3 Å². The fourth-order valence-electron chi connectivity index (χ4n) is 2.37. The Bertz CT molecular complexity index is 938. The second-order valence-electron chi connectivity index (χ2n) is 6.04. The fraction of sp³-hybridized carbons (Fsp3) is 0.250. The molecule has 152 valence electrons. The van der Waals surface area contributed by atoms with Crippen molar-refractivity contribution in [3.8, 4) is 5.75 Å². The van der Waals surface area contributed by atoms with E-state index in [1.165, 1.54) is 11.8 Å². The lowest BCUT2D eigenvalue weighted by Gasteiger charge is -2.07. The third-order valence-corrected chi connectivity index (χ3v) is 5.14. The van der Waals surface area contributed by atoms with Gasteiger partial charge in [0.1, 0.15) is 5.75 Å². The van der Waals surface area contributed by atoms with Gasteiger partial charge >= 0.3 is 0 Å². The van der Waals surface area contributed by atoms with Crippen molar-refractivity contribution >= 4 is 40.9 Å². The molecule has 1 aromatic heterocycles. The van der Waals surface area contributed by atoms with Crippen LogP contribution in [0, 0.1) is 0 Å². The second kappa shape index (κ2) is 11.1. The number of aromatic nitrogens is 2. The molecule has 3 rings (SSSR count). The molecule has 0 aliphatic heterocycles. The summed E-state index contributed by atoms with van der Waals surface area (Å²) in [4.78, 5) is 11.9. The molecule has 0 fully saturated rings. The lowest BCUT2D eigenvalue weighted by atomic mass is 10.2. The van der Waals surface area contributed by atoms with Gasteiger partial charge in [0.2, 0.25) is 11.8 Å². The summed E-state index contributed by atoms with van der Waals surface area (Å²) in [6.07, 6.45) is 1.25. The van der Waals surface area contributed by atoms with Crippen molar-refractivity contribution in [1.82, 2.24) is 15.5 Å². The fourth-order valence-corrected chi connectivity index (χ4v) is 3.44. The van der Waals surface area contributed by atoms with Crippen LogP contribution in [0.15, 0.2) is 58.2 Å². The van der Waals surface area contributed by atoms with Crippen LogP contribution in [-0.2, 0) is 17.8 Å². The number of amides is 1. The van der Waals surface area contributed by atoms with Crippen LogP contribution >= 0.6 is 35.0 Å². The van der Waals surface area contributed by atoms with Crippen LogP contribution in [0.1, 0.15) is 17.9 Å².